The van der Waals surface area contributed by atoms with Crippen molar-refractivity contribution in [2.45, 2.75) is 169 Å². The van der Waals surface area contributed by atoms with Crippen molar-refractivity contribution < 1.29 is 38.3 Å². The molecule has 6 saturated heterocycles. The summed E-state index contributed by atoms with van der Waals surface area (Å²) in [7, 11) is 0. The van der Waals surface area contributed by atoms with Crippen molar-refractivity contribution in [3.05, 3.63) is 49.1 Å². The van der Waals surface area contributed by atoms with Crippen LogP contribution in [0.5, 0.6) is 0 Å². The largest absolute Gasteiger partial charge is 0.383 e. The fourth-order valence-electron chi connectivity index (χ4n) is 9.00. The quantitative estimate of drug-likeness (QED) is 0.339. The molecule has 14 atom stereocenters. The van der Waals surface area contributed by atoms with Gasteiger partial charge in [-0.2, -0.15) is 0 Å². The van der Waals surface area contributed by atoms with E-state index in [2.05, 4.69) is 27.4 Å². The summed E-state index contributed by atoms with van der Waals surface area (Å²) in [6.07, 6.45) is 20.1. The molecule has 0 amide bonds. The maximum Gasteiger partial charge on any atom is 0.110 e. The van der Waals surface area contributed by atoms with Gasteiger partial charge in [0.15, 0.2) is 0 Å². The van der Waals surface area contributed by atoms with Crippen LogP contribution in [-0.4, -0.2) is 95.2 Å². The van der Waals surface area contributed by atoms with Crippen molar-refractivity contribution in [3.63, 3.8) is 0 Å². The molecule has 0 aromatic rings. The zero-order valence-electron chi connectivity index (χ0n) is 26.9. The van der Waals surface area contributed by atoms with Gasteiger partial charge in [0, 0.05) is 32.3 Å². The SMILES string of the molecule is C=CC/C=C/C=C/[C@H]1O[C@H]2C[C@H]3O[C@H]4CC[C@H]5O[C@H]6C[C@@]7(C)OCCC[C@@H]7O[C@@H]6C[C@@H]5O[C@]4(C)C[C@]3(C)O[C@@H]2C=C[C@]1(C)O. The van der Waals surface area contributed by atoms with Crippen LogP contribution in [0.25, 0.3) is 0 Å². The number of rotatable bonds is 4. The summed E-state index contributed by atoms with van der Waals surface area (Å²) < 4.78 is 47.1. The highest BCUT2D eigenvalue weighted by Crippen LogP contribution is 2.51. The Morgan fingerprint density at radius 3 is 2.45 bits per heavy atom. The van der Waals surface area contributed by atoms with Gasteiger partial charge in [-0.25, -0.2) is 0 Å². The van der Waals surface area contributed by atoms with Crippen LogP contribution in [0.3, 0.4) is 0 Å². The number of fused-ring (bicyclic) bond motifs is 6. The van der Waals surface area contributed by atoms with Gasteiger partial charge in [-0.3, -0.25) is 0 Å². The second kappa shape index (κ2) is 11.7. The average molecular weight is 613 g/mol. The van der Waals surface area contributed by atoms with Gasteiger partial charge < -0.3 is 38.3 Å². The Hall–Kier alpha value is -1.36. The molecule has 6 fully saturated rings. The van der Waals surface area contributed by atoms with E-state index < -0.39 is 22.9 Å². The molecule has 7 aliphatic rings. The highest BCUT2D eigenvalue weighted by Gasteiger charge is 2.61. The minimum atomic E-state index is -1.16. The molecule has 7 rings (SSSR count). The first kappa shape index (κ1) is 31.3. The predicted octanol–water partition coefficient (Wildman–Crippen LogP) is 5.28. The van der Waals surface area contributed by atoms with E-state index in [4.69, 9.17) is 33.2 Å². The number of allylic oxidation sites excluding steroid dienone is 4. The molecule has 7 aliphatic heterocycles. The van der Waals surface area contributed by atoms with Gasteiger partial charge in [0.05, 0.1) is 65.6 Å². The standard InChI is InChI=1S/C36H52O8/c1-6-7-8-9-10-12-29-33(2,37)17-16-24-26(40-29)20-32-36(5,43-24)22-35(4)31(42-32)15-14-23-27(44-35)19-25-28(39-23)21-34(3)30(41-25)13-11-18-38-34/h6,8-10,12,16-17,23-32,37H,1,7,11,13-15,18-22H2,2-5H3/b9-8+,12-10+/t23-,24-,25-,26+,27+,28+,29-,30+,31+,32-,33+,34-,35-,36+/m1/s1. The number of hydrogen-bond acceptors (Lipinski definition) is 8. The normalized spacial score (nSPS) is 53.8. The van der Waals surface area contributed by atoms with Crippen LogP contribution in [-0.2, 0) is 33.2 Å². The minimum absolute atomic E-state index is 0.0121. The number of aliphatic hydroxyl groups is 1. The Morgan fingerprint density at radius 1 is 0.795 bits per heavy atom. The van der Waals surface area contributed by atoms with Crippen LogP contribution < -0.4 is 0 Å². The summed E-state index contributed by atoms with van der Waals surface area (Å²) in [4.78, 5) is 0. The second-order valence-electron chi connectivity index (χ2n) is 15.1. The summed E-state index contributed by atoms with van der Waals surface area (Å²) in [6, 6.07) is 0. The Labute approximate surface area is 262 Å². The maximum atomic E-state index is 11.3. The third-order valence-corrected chi connectivity index (χ3v) is 11.4. The molecule has 0 aromatic heterocycles. The van der Waals surface area contributed by atoms with Gasteiger partial charge in [-0.05, 0) is 59.8 Å². The number of hydrogen-bond donors (Lipinski definition) is 1. The highest BCUT2D eigenvalue weighted by atomic mass is 16.6. The molecule has 0 aliphatic carbocycles. The molecule has 0 bridgehead atoms. The Balaban J connectivity index is 1.06. The molecule has 244 valence electrons. The van der Waals surface area contributed by atoms with Crippen molar-refractivity contribution in [1.82, 2.24) is 0 Å². The third kappa shape index (κ3) is 5.72. The van der Waals surface area contributed by atoms with E-state index in [0.717, 1.165) is 51.6 Å². The maximum absolute atomic E-state index is 11.3. The highest BCUT2D eigenvalue weighted by molar-refractivity contribution is 5.20. The molecule has 0 unspecified atom stereocenters. The lowest BCUT2D eigenvalue weighted by Crippen LogP contribution is -2.67. The smallest absolute Gasteiger partial charge is 0.110 e. The van der Waals surface area contributed by atoms with Gasteiger partial charge in [-0.15, -0.1) is 6.58 Å². The Kier molecular flexibility index (Phi) is 8.32. The third-order valence-electron chi connectivity index (χ3n) is 11.4. The molecule has 8 heteroatoms. The fourth-order valence-corrected chi connectivity index (χ4v) is 9.00. The molecular formula is C36H52O8. The molecule has 1 N–H and O–H groups in total. The molecule has 0 saturated carbocycles. The van der Waals surface area contributed by atoms with Crippen LogP contribution in [0.4, 0.5) is 0 Å². The van der Waals surface area contributed by atoms with Crippen LogP contribution >= 0.6 is 0 Å². The zero-order chi connectivity index (χ0) is 30.7. The van der Waals surface area contributed by atoms with Crippen LogP contribution in [0.15, 0.2) is 49.1 Å². The predicted molar refractivity (Wildman–Crippen MR) is 165 cm³/mol. The van der Waals surface area contributed by atoms with E-state index in [9.17, 15) is 5.11 Å². The van der Waals surface area contributed by atoms with E-state index in [-0.39, 0.29) is 60.5 Å². The first-order valence-electron chi connectivity index (χ1n) is 17.0. The molecule has 0 spiro atoms. The van der Waals surface area contributed by atoms with Gasteiger partial charge in [0.25, 0.3) is 0 Å². The topological polar surface area (TPSA) is 84.8 Å². The molecule has 8 nitrogen and oxygen atoms in total. The van der Waals surface area contributed by atoms with Crippen molar-refractivity contribution in [3.8, 4) is 0 Å². The van der Waals surface area contributed by atoms with Gasteiger partial charge in [0.2, 0.25) is 0 Å². The van der Waals surface area contributed by atoms with E-state index in [1.165, 1.54) is 0 Å². The van der Waals surface area contributed by atoms with E-state index in [0.29, 0.717) is 12.8 Å². The van der Waals surface area contributed by atoms with E-state index in [1.54, 1.807) is 6.92 Å². The van der Waals surface area contributed by atoms with Crippen molar-refractivity contribution >= 4 is 0 Å². The van der Waals surface area contributed by atoms with E-state index >= 15 is 0 Å². The number of ether oxygens (including phenoxy) is 7. The molecule has 44 heavy (non-hydrogen) atoms. The average Bonchev–Trinajstić information content (AvgIpc) is 3.17. The summed E-state index contributed by atoms with van der Waals surface area (Å²) in [5.74, 6) is 0. The fraction of sp³-hybridized carbons (Fsp3) is 0.778. The minimum Gasteiger partial charge on any atom is -0.383 e. The van der Waals surface area contributed by atoms with Gasteiger partial charge >= 0.3 is 0 Å². The molecule has 0 aromatic carbocycles. The van der Waals surface area contributed by atoms with Crippen molar-refractivity contribution in [2.75, 3.05) is 6.61 Å². The van der Waals surface area contributed by atoms with Gasteiger partial charge in [-0.1, -0.05) is 42.5 Å². The molecule has 0 radical (unpaired) electrons. The lowest BCUT2D eigenvalue weighted by Gasteiger charge is -2.57. The Morgan fingerprint density at radius 2 is 1.61 bits per heavy atom. The summed E-state index contributed by atoms with van der Waals surface area (Å²) in [5.41, 5.74) is -2.50. The van der Waals surface area contributed by atoms with Crippen molar-refractivity contribution in [2.24, 2.45) is 0 Å². The zero-order valence-corrected chi connectivity index (χ0v) is 26.9. The first-order valence-corrected chi connectivity index (χ1v) is 17.0. The molecular weight excluding hydrogens is 560 g/mol. The Bertz CT molecular complexity index is 1160. The van der Waals surface area contributed by atoms with Crippen LogP contribution in [0, 0.1) is 0 Å². The van der Waals surface area contributed by atoms with Crippen molar-refractivity contribution in [1.29, 1.82) is 0 Å². The van der Waals surface area contributed by atoms with E-state index in [1.807, 2.05) is 42.5 Å². The summed E-state index contributed by atoms with van der Waals surface area (Å²) in [6.45, 7) is 12.9. The summed E-state index contributed by atoms with van der Waals surface area (Å²) in [5, 5.41) is 11.3. The van der Waals surface area contributed by atoms with Crippen LogP contribution in [0.1, 0.15) is 85.5 Å². The van der Waals surface area contributed by atoms with Gasteiger partial charge in [0.1, 0.15) is 17.8 Å². The molecule has 7 heterocycles. The van der Waals surface area contributed by atoms with Crippen LogP contribution in [0.2, 0.25) is 0 Å². The summed E-state index contributed by atoms with van der Waals surface area (Å²) >= 11 is 0. The monoisotopic (exact) mass is 612 g/mol. The lowest BCUT2D eigenvalue weighted by atomic mass is 9.74. The second-order valence-corrected chi connectivity index (χ2v) is 15.1. The lowest BCUT2D eigenvalue weighted by molar-refractivity contribution is -0.328. The first-order chi connectivity index (χ1) is 21.0.